The molecule has 4 rings (SSSR count). The highest BCUT2D eigenvalue weighted by Gasteiger charge is 2.13. The van der Waals surface area contributed by atoms with Crippen LogP contribution in [0.5, 0.6) is 0 Å². The Morgan fingerprint density at radius 1 is 1.21 bits per heavy atom. The number of nitrogens with zero attached hydrogens (tertiary/aromatic N) is 5. The average molecular weight is 421 g/mol. The fourth-order valence-corrected chi connectivity index (χ4v) is 3.16. The number of ether oxygens (including phenoxy) is 1. The molecule has 29 heavy (non-hydrogen) atoms. The second-order valence-electron chi connectivity index (χ2n) is 6.56. The number of rotatable bonds is 5. The van der Waals surface area contributed by atoms with Gasteiger partial charge in [0.2, 0.25) is 0 Å². The molecule has 0 bridgehead atoms. The summed E-state index contributed by atoms with van der Waals surface area (Å²) in [5.41, 5.74) is 7.64. The molecule has 10 heteroatoms. The number of hydrogen-bond donors (Lipinski definition) is 1. The standard InChI is InChI=1S/C19H21FN6O2.ClH/c20-9-14(10-21)12-26-19(27)25-13-16(2-4-18(25)23-26)15-1-3-17(22-11-15)24-5-7-28-8-6-24;/h1-4,9,11,13H,5-8,10,12,21H2;1H/b14-9+;. The first-order valence-electron chi connectivity index (χ1n) is 9.06. The Balaban J connectivity index is 0.00000240. The van der Waals surface area contributed by atoms with Gasteiger partial charge in [0.25, 0.3) is 0 Å². The van der Waals surface area contributed by atoms with Crippen molar-refractivity contribution in [1.29, 1.82) is 0 Å². The van der Waals surface area contributed by atoms with Crippen LogP contribution in [0, 0.1) is 0 Å². The van der Waals surface area contributed by atoms with E-state index in [2.05, 4.69) is 15.0 Å². The molecule has 3 aromatic rings. The van der Waals surface area contributed by atoms with Crippen LogP contribution in [-0.4, -0.2) is 52.0 Å². The van der Waals surface area contributed by atoms with Crippen molar-refractivity contribution in [3.05, 3.63) is 59.0 Å². The van der Waals surface area contributed by atoms with E-state index in [9.17, 15) is 9.18 Å². The van der Waals surface area contributed by atoms with Gasteiger partial charge in [0.15, 0.2) is 5.65 Å². The molecular formula is C19H22ClFN6O2. The molecule has 0 spiro atoms. The van der Waals surface area contributed by atoms with Crippen LogP contribution in [0.25, 0.3) is 16.8 Å². The Morgan fingerprint density at radius 3 is 2.62 bits per heavy atom. The zero-order valence-electron chi connectivity index (χ0n) is 15.7. The van der Waals surface area contributed by atoms with Gasteiger partial charge in [-0.05, 0) is 29.8 Å². The molecule has 1 saturated heterocycles. The van der Waals surface area contributed by atoms with E-state index in [0.29, 0.717) is 30.8 Å². The van der Waals surface area contributed by atoms with Crippen molar-refractivity contribution in [2.24, 2.45) is 5.73 Å². The summed E-state index contributed by atoms with van der Waals surface area (Å²) >= 11 is 0. The van der Waals surface area contributed by atoms with E-state index in [4.69, 9.17) is 10.5 Å². The summed E-state index contributed by atoms with van der Waals surface area (Å²) in [6.45, 7) is 3.12. The molecule has 1 aliphatic rings. The van der Waals surface area contributed by atoms with Gasteiger partial charge in [0.1, 0.15) is 5.82 Å². The molecule has 0 saturated carbocycles. The maximum Gasteiger partial charge on any atom is 0.350 e. The van der Waals surface area contributed by atoms with Gasteiger partial charge in [-0.1, -0.05) is 0 Å². The normalized spacial score (nSPS) is 14.8. The van der Waals surface area contributed by atoms with E-state index < -0.39 is 0 Å². The van der Waals surface area contributed by atoms with Crippen LogP contribution >= 0.6 is 12.4 Å². The molecule has 1 fully saturated rings. The molecule has 0 unspecified atom stereocenters. The lowest BCUT2D eigenvalue weighted by atomic mass is 10.1. The van der Waals surface area contributed by atoms with Crippen LogP contribution in [0.1, 0.15) is 0 Å². The number of fused-ring (bicyclic) bond motifs is 1. The van der Waals surface area contributed by atoms with Gasteiger partial charge in [-0.25, -0.2) is 23.3 Å². The van der Waals surface area contributed by atoms with Crippen LogP contribution in [0.2, 0.25) is 0 Å². The van der Waals surface area contributed by atoms with Gasteiger partial charge in [-0.3, -0.25) is 0 Å². The minimum absolute atomic E-state index is 0. The highest BCUT2D eigenvalue weighted by molar-refractivity contribution is 5.85. The zero-order valence-corrected chi connectivity index (χ0v) is 16.5. The van der Waals surface area contributed by atoms with E-state index in [1.54, 1.807) is 18.5 Å². The molecule has 0 aromatic carbocycles. The molecular weight excluding hydrogens is 399 g/mol. The average Bonchev–Trinajstić information content (AvgIpc) is 3.07. The third kappa shape index (κ3) is 4.31. The van der Waals surface area contributed by atoms with E-state index in [1.807, 2.05) is 18.2 Å². The fourth-order valence-electron chi connectivity index (χ4n) is 3.16. The molecule has 2 N–H and O–H groups in total. The summed E-state index contributed by atoms with van der Waals surface area (Å²) in [7, 11) is 0. The lowest BCUT2D eigenvalue weighted by Gasteiger charge is -2.27. The lowest BCUT2D eigenvalue weighted by Crippen LogP contribution is -2.36. The molecule has 0 atom stereocenters. The summed E-state index contributed by atoms with van der Waals surface area (Å²) in [6, 6.07) is 7.58. The Kier molecular flexibility index (Phi) is 6.63. The highest BCUT2D eigenvalue weighted by atomic mass is 35.5. The molecule has 3 aromatic heterocycles. The Bertz CT molecular complexity index is 1060. The van der Waals surface area contributed by atoms with Crippen LogP contribution in [-0.2, 0) is 11.3 Å². The molecule has 0 aliphatic carbocycles. The van der Waals surface area contributed by atoms with Crippen LogP contribution < -0.4 is 16.3 Å². The zero-order chi connectivity index (χ0) is 19.5. The van der Waals surface area contributed by atoms with Gasteiger partial charge in [-0.2, -0.15) is 0 Å². The molecule has 0 amide bonds. The van der Waals surface area contributed by atoms with Crippen molar-refractivity contribution < 1.29 is 9.13 Å². The van der Waals surface area contributed by atoms with Crippen molar-refractivity contribution in [3.8, 4) is 11.1 Å². The summed E-state index contributed by atoms with van der Waals surface area (Å²) in [5.74, 6) is 0.908. The van der Waals surface area contributed by atoms with Gasteiger partial charge >= 0.3 is 5.69 Å². The van der Waals surface area contributed by atoms with Gasteiger partial charge in [0.05, 0.1) is 26.1 Å². The Hall–Kier alpha value is -2.75. The van der Waals surface area contributed by atoms with Crippen molar-refractivity contribution in [2.45, 2.75) is 6.54 Å². The smallest absolute Gasteiger partial charge is 0.350 e. The first kappa shape index (κ1) is 21.0. The minimum atomic E-state index is -0.345. The molecule has 8 nitrogen and oxygen atoms in total. The Morgan fingerprint density at radius 2 is 1.97 bits per heavy atom. The van der Waals surface area contributed by atoms with Gasteiger partial charge < -0.3 is 15.4 Å². The number of aromatic nitrogens is 4. The predicted molar refractivity (Wildman–Crippen MR) is 111 cm³/mol. The lowest BCUT2D eigenvalue weighted by molar-refractivity contribution is 0.122. The fraction of sp³-hybridized carbons (Fsp3) is 0.316. The number of morpholine rings is 1. The first-order valence-corrected chi connectivity index (χ1v) is 9.06. The predicted octanol–water partition coefficient (Wildman–Crippen LogP) is 1.63. The Labute approximate surface area is 172 Å². The van der Waals surface area contributed by atoms with E-state index in [1.165, 1.54) is 9.08 Å². The second-order valence-corrected chi connectivity index (χ2v) is 6.56. The van der Waals surface area contributed by atoms with Crippen molar-refractivity contribution in [2.75, 3.05) is 37.7 Å². The number of anilines is 1. The minimum Gasteiger partial charge on any atom is -0.378 e. The summed E-state index contributed by atoms with van der Waals surface area (Å²) < 4.78 is 20.8. The van der Waals surface area contributed by atoms with Crippen molar-refractivity contribution in [1.82, 2.24) is 19.2 Å². The van der Waals surface area contributed by atoms with Crippen molar-refractivity contribution in [3.63, 3.8) is 0 Å². The highest BCUT2D eigenvalue weighted by Crippen LogP contribution is 2.21. The summed E-state index contributed by atoms with van der Waals surface area (Å²) in [6.07, 6.45) is 3.93. The third-order valence-electron chi connectivity index (χ3n) is 4.76. The van der Waals surface area contributed by atoms with Crippen molar-refractivity contribution >= 4 is 23.9 Å². The second kappa shape index (κ2) is 9.17. The van der Waals surface area contributed by atoms with Gasteiger partial charge in [-0.15, -0.1) is 17.5 Å². The molecule has 4 heterocycles. The SMILES string of the molecule is Cl.NC/C(=C\F)Cn1nc2ccc(-c3ccc(N4CCOCC4)nc3)cn2c1=O. The summed E-state index contributed by atoms with van der Waals surface area (Å²) in [4.78, 5) is 19.3. The molecule has 0 radical (unpaired) electrons. The topological polar surface area (TPSA) is 90.7 Å². The quantitative estimate of drug-likeness (QED) is 0.674. The number of hydrogen-bond acceptors (Lipinski definition) is 6. The van der Waals surface area contributed by atoms with E-state index >= 15 is 0 Å². The number of nitrogens with two attached hydrogens (primary N) is 1. The summed E-state index contributed by atoms with van der Waals surface area (Å²) in [5, 5.41) is 4.23. The largest absolute Gasteiger partial charge is 0.378 e. The molecule has 154 valence electrons. The maximum atomic E-state index is 12.8. The first-order chi connectivity index (χ1) is 13.7. The van der Waals surface area contributed by atoms with Crippen LogP contribution in [0.15, 0.2) is 53.4 Å². The van der Waals surface area contributed by atoms with E-state index in [-0.39, 0.29) is 31.2 Å². The van der Waals surface area contributed by atoms with Crippen LogP contribution in [0.4, 0.5) is 10.2 Å². The monoisotopic (exact) mass is 420 g/mol. The number of halogens is 2. The molecule has 1 aliphatic heterocycles. The van der Waals surface area contributed by atoms with E-state index in [0.717, 1.165) is 30.0 Å². The van der Waals surface area contributed by atoms with Crippen LogP contribution in [0.3, 0.4) is 0 Å². The number of pyridine rings is 2. The maximum absolute atomic E-state index is 12.8. The third-order valence-corrected chi connectivity index (χ3v) is 4.76. The van der Waals surface area contributed by atoms with Gasteiger partial charge in [0, 0.05) is 43.2 Å².